The summed E-state index contributed by atoms with van der Waals surface area (Å²) in [6.45, 7) is 4.62. The minimum atomic E-state index is -0.280. The van der Waals surface area contributed by atoms with Crippen LogP contribution in [0.25, 0.3) is 10.2 Å². The molecule has 0 radical (unpaired) electrons. The molecule has 0 aliphatic heterocycles. The van der Waals surface area contributed by atoms with Crippen molar-refractivity contribution < 1.29 is 4.79 Å². The maximum Gasteiger partial charge on any atom is 0.298 e. The number of hydrogen-bond donors (Lipinski definition) is 0. The Morgan fingerprint density at radius 2 is 2.23 bits per heavy atom. The second kappa shape index (κ2) is 5.70. The molecule has 3 aromatic rings. The second-order valence-electron chi connectivity index (χ2n) is 4.96. The molecular weight excluding hydrogens is 320 g/mol. The fraction of sp³-hybridized carbons (Fsp3) is 0.267. The number of rotatable bonds is 2. The summed E-state index contributed by atoms with van der Waals surface area (Å²) >= 11 is 7.50. The lowest BCUT2D eigenvalue weighted by Crippen LogP contribution is -2.17. The number of aryl methyl sites for hydroxylation is 3. The summed E-state index contributed by atoms with van der Waals surface area (Å²) in [7, 11) is 1.74. The molecule has 0 spiro atoms. The van der Waals surface area contributed by atoms with Gasteiger partial charge in [-0.25, -0.2) is 0 Å². The van der Waals surface area contributed by atoms with Crippen LogP contribution in [-0.2, 0) is 13.6 Å². The number of benzene rings is 1. The van der Waals surface area contributed by atoms with Crippen LogP contribution in [0.5, 0.6) is 0 Å². The summed E-state index contributed by atoms with van der Waals surface area (Å²) in [5, 5.41) is 4.77. The molecular formula is C15H15ClN4OS. The Balaban J connectivity index is 2.19. The van der Waals surface area contributed by atoms with E-state index >= 15 is 0 Å². The summed E-state index contributed by atoms with van der Waals surface area (Å²) in [5.41, 5.74) is 2.37. The maximum atomic E-state index is 12.5. The molecule has 0 unspecified atom stereocenters. The van der Waals surface area contributed by atoms with Gasteiger partial charge in [-0.15, -0.1) is 0 Å². The topological polar surface area (TPSA) is 52.2 Å². The van der Waals surface area contributed by atoms with Crippen molar-refractivity contribution in [2.24, 2.45) is 12.0 Å². The molecule has 2 aromatic heterocycles. The lowest BCUT2D eigenvalue weighted by molar-refractivity contribution is 0.0988. The van der Waals surface area contributed by atoms with Gasteiger partial charge in [0.25, 0.3) is 5.91 Å². The van der Waals surface area contributed by atoms with Gasteiger partial charge in [0.2, 0.25) is 0 Å². The molecule has 3 rings (SSSR count). The Bertz CT molecular complexity index is 915. The number of aromatic nitrogens is 3. The molecule has 0 fully saturated rings. The van der Waals surface area contributed by atoms with Gasteiger partial charge in [-0.2, -0.15) is 10.1 Å². The smallest absolute Gasteiger partial charge is 0.298 e. The lowest BCUT2D eigenvalue weighted by atomic mass is 10.3. The molecule has 0 aliphatic rings. The van der Waals surface area contributed by atoms with Crippen molar-refractivity contribution in [3.8, 4) is 0 Å². The van der Waals surface area contributed by atoms with Crippen molar-refractivity contribution in [3.63, 3.8) is 0 Å². The van der Waals surface area contributed by atoms with Crippen LogP contribution in [0.2, 0.25) is 5.02 Å². The van der Waals surface area contributed by atoms with E-state index in [4.69, 9.17) is 11.6 Å². The van der Waals surface area contributed by atoms with Crippen molar-refractivity contribution in [3.05, 3.63) is 45.5 Å². The van der Waals surface area contributed by atoms with Crippen LogP contribution in [0.15, 0.2) is 29.4 Å². The van der Waals surface area contributed by atoms with Gasteiger partial charge in [-0.3, -0.25) is 9.48 Å². The molecule has 5 nitrogen and oxygen atoms in total. The Morgan fingerprint density at radius 3 is 2.86 bits per heavy atom. The van der Waals surface area contributed by atoms with Gasteiger partial charge in [0.05, 0.1) is 16.4 Å². The van der Waals surface area contributed by atoms with E-state index in [0.29, 0.717) is 15.5 Å². The molecule has 0 bridgehead atoms. The van der Waals surface area contributed by atoms with Crippen molar-refractivity contribution in [1.29, 1.82) is 0 Å². The standard InChI is InChI=1S/C15H15ClN4OS/c1-4-20-11-6-5-10(16)7-12(11)22-15(20)18-14(21)13-9(2)8-17-19(13)3/h5-8H,4H2,1-3H3. The van der Waals surface area contributed by atoms with E-state index in [1.807, 2.05) is 36.6 Å². The van der Waals surface area contributed by atoms with E-state index in [1.54, 1.807) is 17.9 Å². The minimum Gasteiger partial charge on any atom is -0.317 e. The zero-order chi connectivity index (χ0) is 15.9. The van der Waals surface area contributed by atoms with Gasteiger partial charge >= 0.3 is 0 Å². The molecule has 0 aliphatic carbocycles. The Morgan fingerprint density at radius 1 is 1.45 bits per heavy atom. The van der Waals surface area contributed by atoms with Crippen molar-refractivity contribution in [2.45, 2.75) is 20.4 Å². The van der Waals surface area contributed by atoms with Crippen LogP contribution in [0.3, 0.4) is 0 Å². The molecule has 1 amide bonds. The minimum absolute atomic E-state index is 0.280. The molecule has 1 aromatic carbocycles. The quantitative estimate of drug-likeness (QED) is 0.723. The van der Waals surface area contributed by atoms with Crippen molar-refractivity contribution in [1.82, 2.24) is 14.3 Å². The first-order chi connectivity index (χ1) is 10.5. The molecule has 0 atom stereocenters. The second-order valence-corrected chi connectivity index (χ2v) is 6.40. The first-order valence-electron chi connectivity index (χ1n) is 6.87. The van der Waals surface area contributed by atoms with E-state index in [9.17, 15) is 4.79 Å². The number of fused-ring (bicyclic) bond motifs is 1. The van der Waals surface area contributed by atoms with E-state index in [1.165, 1.54) is 11.3 Å². The number of nitrogens with zero attached hydrogens (tertiary/aromatic N) is 4. The van der Waals surface area contributed by atoms with Gasteiger partial charge in [-0.1, -0.05) is 22.9 Å². The number of carbonyl (C=O) groups is 1. The van der Waals surface area contributed by atoms with Gasteiger partial charge in [0.1, 0.15) is 5.69 Å². The van der Waals surface area contributed by atoms with Gasteiger partial charge in [-0.05, 0) is 32.0 Å². The highest BCUT2D eigenvalue weighted by atomic mass is 35.5. The molecule has 7 heteroatoms. The fourth-order valence-electron chi connectivity index (χ4n) is 2.43. The van der Waals surface area contributed by atoms with Crippen LogP contribution in [-0.4, -0.2) is 20.3 Å². The molecule has 0 N–H and O–H groups in total. The summed E-state index contributed by atoms with van der Waals surface area (Å²) in [4.78, 5) is 17.4. The van der Waals surface area contributed by atoms with E-state index in [0.717, 1.165) is 22.3 Å². The van der Waals surface area contributed by atoms with Gasteiger partial charge < -0.3 is 4.57 Å². The third-order valence-corrected chi connectivity index (χ3v) is 4.76. The number of hydrogen-bond acceptors (Lipinski definition) is 3. The predicted molar refractivity (Wildman–Crippen MR) is 88.3 cm³/mol. The van der Waals surface area contributed by atoms with Crippen LogP contribution < -0.4 is 4.80 Å². The van der Waals surface area contributed by atoms with Crippen LogP contribution in [0, 0.1) is 6.92 Å². The zero-order valence-corrected chi connectivity index (χ0v) is 14.1. The van der Waals surface area contributed by atoms with Gasteiger partial charge in [0.15, 0.2) is 4.80 Å². The average molecular weight is 335 g/mol. The fourth-order valence-corrected chi connectivity index (χ4v) is 3.80. The number of carbonyl (C=O) groups excluding carboxylic acids is 1. The van der Waals surface area contributed by atoms with E-state index < -0.39 is 0 Å². The van der Waals surface area contributed by atoms with E-state index in [2.05, 4.69) is 10.1 Å². The molecule has 2 heterocycles. The highest BCUT2D eigenvalue weighted by molar-refractivity contribution is 7.16. The number of halogens is 1. The zero-order valence-electron chi connectivity index (χ0n) is 12.5. The third kappa shape index (κ3) is 2.48. The van der Waals surface area contributed by atoms with Crippen LogP contribution in [0.1, 0.15) is 23.0 Å². The normalized spacial score (nSPS) is 12.3. The maximum absolute atomic E-state index is 12.5. The summed E-state index contributed by atoms with van der Waals surface area (Å²) in [6, 6.07) is 5.70. The largest absolute Gasteiger partial charge is 0.317 e. The van der Waals surface area contributed by atoms with Crippen LogP contribution in [0.4, 0.5) is 0 Å². The SMILES string of the molecule is CCn1c(=NC(=O)c2c(C)cnn2C)sc2cc(Cl)ccc21. The van der Waals surface area contributed by atoms with Crippen molar-refractivity contribution in [2.75, 3.05) is 0 Å². The number of amides is 1. The summed E-state index contributed by atoms with van der Waals surface area (Å²) < 4.78 is 4.59. The third-order valence-electron chi connectivity index (χ3n) is 3.48. The monoisotopic (exact) mass is 334 g/mol. The van der Waals surface area contributed by atoms with Crippen molar-refractivity contribution >= 4 is 39.1 Å². The predicted octanol–water partition coefficient (Wildman–Crippen LogP) is 3.16. The van der Waals surface area contributed by atoms with E-state index in [-0.39, 0.29) is 5.91 Å². The highest BCUT2D eigenvalue weighted by Gasteiger charge is 2.14. The molecule has 0 saturated heterocycles. The molecule has 114 valence electrons. The molecule has 0 saturated carbocycles. The average Bonchev–Trinajstić information content (AvgIpc) is 2.97. The van der Waals surface area contributed by atoms with Gasteiger partial charge in [0, 0.05) is 24.2 Å². The number of thiazole rings is 1. The summed E-state index contributed by atoms with van der Waals surface area (Å²) in [6.07, 6.45) is 1.67. The first-order valence-corrected chi connectivity index (χ1v) is 8.07. The Kier molecular flexibility index (Phi) is 3.88. The Hall–Kier alpha value is -1.92. The van der Waals surface area contributed by atoms with Crippen LogP contribution >= 0.6 is 22.9 Å². The molecule has 22 heavy (non-hydrogen) atoms. The first kappa shape index (κ1) is 15.0. The highest BCUT2D eigenvalue weighted by Crippen LogP contribution is 2.22. The Labute approximate surface area is 136 Å². The lowest BCUT2D eigenvalue weighted by Gasteiger charge is -2.01. The summed E-state index contributed by atoms with van der Waals surface area (Å²) in [5.74, 6) is -0.280.